The summed E-state index contributed by atoms with van der Waals surface area (Å²) >= 11 is 0. The zero-order chi connectivity index (χ0) is 17.9. The third kappa shape index (κ3) is 4.25. The first-order chi connectivity index (χ1) is 12.0. The van der Waals surface area contributed by atoms with Crippen LogP contribution in [-0.4, -0.2) is 41.0 Å². The number of aromatic nitrogens is 2. The molecule has 25 heavy (non-hydrogen) atoms. The van der Waals surface area contributed by atoms with E-state index in [1.54, 1.807) is 12.1 Å². The summed E-state index contributed by atoms with van der Waals surface area (Å²) in [7, 11) is 0. The second-order valence-electron chi connectivity index (χ2n) is 5.83. The Balaban J connectivity index is 1.59. The van der Waals surface area contributed by atoms with Crippen LogP contribution in [0.3, 0.4) is 0 Å². The highest BCUT2D eigenvalue weighted by atomic mass is 19.4. The van der Waals surface area contributed by atoms with Crippen molar-refractivity contribution < 1.29 is 13.2 Å². The molecule has 0 aliphatic carbocycles. The van der Waals surface area contributed by atoms with E-state index in [2.05, 4.69) is 20.9 Å². The van der Waals surface area contributed by atoms with E-state index in [1.807, 2.05) is 17.0 Å². The van der Waals surface area contributed by atoms with Crippen molar-refractivity contribution in [2.45, 2.75) is 12.7 Å². The molecule has 8 heteroatoms. The number of hydrogen-bond acceptors (Lipinski definition) is 5. The van der Waals surface area contributed by atoms with Gasteiger partial charge in [-0.1, -0.05) is 12.1 Å². The zero-order valence-corrected chi connectivity index (χ0v) is 13.4. The Bertz CT molecular complexity index is 759. The summed E-state index contributed by atoms with van der Waals surface area (Å²) < 4.78 is 38.3. The standard InChI is InChI=1S/C17H16F3N5/c18-17(19,20)15-9-16(23-12-22-15)25-7-5-24(6-8-25)11-14-3-1-13(10-21)2-4-14/h1-4,9,12H,5-8,11H2. The second kappa shape index (κ2) is 7.07. The van der Waals surface area contributed by atoms with Gasteiger partial charge in [-0.2, -0.15) is 18.4 Å². The first-order valence-corrected chi connectivity index (χ1v) is 7.81. The number of anilines is 1. The Labute approximate surface area is 143 Å². The lowest BCUT2D eigenvalue weighted by atomic mass is 10.1. The molecule has 5 nitrogen and oxygen atoms in total. The minimum atomic E-state index is -4.46. The average Bonchev–Trinajstić information content (AvgIpc) is 2.62. The van der Waals surface area contributed by atoms with Crippen LogP contribution in [0.5, 0.6) is 0 Å². The Morgan fingerprint density at radius 3 is 2.32 bits per heavy atom. The third-order valence-corrected chi connectivity index (χ3v) is 4.13. The smallest absolute Gasteiger partial charge is 0.354 e. The minimum Gasteiger partial charge on any atom is -0.354 e. The van der Waals surface area contributed by atoms with Crippen LogP contribution in [0.2, 0.25) is 0 Å². The van der Waals surface area contributed by atoms with Gasteiger partial charge in [-0.05, 0) is 17.7 Å². The van der Waals surface area contributed by atoms with Gasteiger partial charge in [0.2, 0.25) is 0 Å². The molecule has 0 N–H and O–H groups in total. The molecule has 0 bridgehead atoms. The van der Waals surface area contributed by atoms with E-state index >= 15 is 0 Å². The van der Waals surface area contributed by atoms with Crippen LogP contribution in [0.1, 0.15) is 16.8 Å². The molecule has 2 aromatic rings. The predicted octanol–water partition coefficient (Wildman–Crippen LogP) is 2.69. The molecular formula is C17H16F3N5. The Morgan fingerprint density at radius 2 is 1.72 bits per heavy atom. The SMILES string of the molecule is N#Cc1ccc(CN2CCN(c3cc(C(F)(F)F)ncn3)CC2)cc1. The van der Waals surface area contributed by atoms with Crippen molar-refractivity contribution >= 4 is 5.82 Å². The summed E-state index contributed by atoms with van der Waals surface area (Å²) in [5, 5.41) is 8.81. The molecule has 130 valence electrons. The highest BCUT2D eigenvalue weighted by Gasteiger charge is 2.33. The summed E-state index contributed by atoms with van der Waals surface area (Å²) in [5.74, 6) is 0.306. The fourth-order valence-electron chi connectivity index (χ4n) is 2.75. The van der Waals surface area contributed by atoms with Crippen molar-refractivity contribution in [2.24, 2.45) is 0 Å². The highest BCUT2D eigenvalue weighted by molar-refractivity contribution is 5.40. The van der Waals surface area contributed by atoms with Crippen LogP contribution in [-0.2, 0) is 12.7 Å². The van der Waals surface area contributed by atoms with Gasteiger partial charge in [0.1, 0.15) is 17.8 Å². The van der Waals surface area contributed by atoms with Crippen molar-refractivity contribution in [3.8, 4) is 6.07 Å². The number of nitrogens with zero attached hydrogens (tertiary/aromatic N) is 5. The van der Waals surface area contributed by atoms with Crippen molar-refractivity contribution in [3.63, 3.8) is 0 Å². The van der Waals surface area contributed by atoms with E-state index in [0.29, 0.717) is 24.5 Å². The quantitative estimate of drug-likeness (QED) is 0.854. The molecule has 2 heterocycles. The molecule has 0 atom stereocenters. The maximum absolute atomic E-state index is 12.8. The number of nitriles is 1. The molecule has 1 saturated heterocycles. The molecule has 1 fully saturated rings. The highest BCUT2D eigenvalue weighted by Crippen LogP contribution is 2.29. The van der Waals surface area contributed by atoms with Gasteiger partial charge < -0.3 is 4.90 Å². The van der Waals surface area contributed by atoms with Crippen LogP contribution in [0.4, 0.5) is 19.0 Å². The average molecular weight is 347 g/mol. The topological polar surface area (TPSA) is 56.1 Å². The normalized spacial score (nSPS) is 15.8. The second-order valence-corrected chi connectivity index (χ2v) is 5.83. The molecule has 0 amide bonds. The molecule has 0 saturated carbocycles. The fourth-order valence-corrected chi connectivity index (χ4v) is 2.75. The van der Waals surface area contributed by atoms with Crippen LogP contribution in [0, 0.1) is 11.3 Å². The van der Waals surface area contributed by atoms with Crippen molar-refractivity contribution in [1.82, 2.24) is 14.9 Å². The predicted molar refractivity (Wildman–Crippen MR) is 85.7 cm³/mol. The van der Waals surface area contributed by atoms with Gasteiger partial charge in [0.25, 0.3) is 0 Å². The lowest BCUT2D eigenvalue weighted by molar-refractivity contribution is -0.141. The summed E-state index contributed by atoms with van der Waals surface area (Å²) in [6.07, 6.45) is -3.50. The van der Waals surface area contributed by atoms with Crippen LogP contribution >= 0.6 is 0 Å². The maximum atomic E-state index is 12.8. The van der Waals surface area contributed by atoms with Gasteiger partial charge in [-0.25, -0.2) is 9.97 Å². The number of piperazine rings is 1. The third-order valence-electron chi connectivity index (χ3n) is 4.13. The van der Waals surface area contributed by atoms with Gasteiger partial charge in [-0.15, -0.1) is 0 Å². The Hall–Kier alpha value is -2.66. The van der Waals surface area contributed by atoms with Gasteiger partial charge in [0.05, 0.1) is 11.6 Å². The van der Waals surface area contributed by atoms with Gasteiger partial charge in [0.15, 0.2) is 0 Å². The lowest BCUT2D eigenvalue weighted by Crippen LogP contribution is -2.46. The Morgan fingerprint density at radius 1 is 1.04 bits per heavy atom. The summed E-state index contributed by atoms with van der Waals surface area (Å²) in [6.45, 7) is 3.41. The monoisotopic (exact) mass is 347 g/mol. The van der Waals surface area contributed by atoms with E-state index in [0.717, 1.165) is 37.6 Å². The number of hydrogen-bond donors (Lipinski definition) is 0. The fraction of sp³-hybridized carbons (Fsp3) is 0.353. The number of halogens is 3. The molecule has 0 spiro atoms. The van der Waals surface area contributed by atoms with Crippen molar-refractivity contribution in [1.29, 1.82) is 5.26 Å². The first kappa shape index (κ1) is 17.2. The van der Waals surface area contributed by atoms with Gasteiger partial charge >= 0.3 is 6.18 Å². The molecule has 1 aromatic carbocycles. The van der Waals surface area contributed by atoms with Crippen molar-refractivity contribution in [2.75, 3.05) is 31.1 Å². The zero-order valence-electron chi connectivity index (χ0n) is 13.4. The lowest BCUT2D eigenvalue weighted by Gasteiger charge is -2.35. The molecular weight excluding hydrogens is 331 g/mol. The summed E-state index contributed by atoms with van der Waals surface area (Å²) in [6, 6.07) is 10.5. The minimum absolute atomic E-state index is 0.306. The van der Waals surface area contributed by atoms with Crippen LogP contribution in [0.25, 0.3) is 0 Å². The van der Waals surface area contributed by atoms with Gasteiger partial charge in [0, 0.05) is 38.8 Å². The number of alkyl halides is 3. The molecule has 1 aromatic heterocycles. The van der Waals surface area contributed by atoms with E-state index in [1.165, 1.54) is 0 Å². The van der Waals surface area contributed by atoms with Crippen LogP contribution in [0.15, 0.2) is 36.7 Å². The Kier molecular flexibility index (Phi) is 4.86. The first-order valence-electron chi connectivity index (χ1n) is 7.81. The van der Waals surface area contributed by atoms with E-state index < -0.39 is 11.9 Å². The van der Waals surface area contributed by atoms with E-state index in [9.17, 15) is 13.2 Å². The summed E-state index contributed by atoms with van der Waals surface area (Å²) in [4.78, 5) is 11.3. The number of benzene rings is 1. The maximum Gasteiger partial charge on any atom is 0.433 e. The summed E-state index contributed by atoms with van der Waals surface area (Å²) in [5.41, 5.74) is 0.809. The van der Waals surface area contributed by atoms with Crippen LogP contribution < -0.4 is 4.90 Å². The van der Waals surface area contributed by atoms with Crippen molar-refractivity contribution in [3.05, 3.63) is 53.5 Å². The molecule has 1 aliphatic heterocycles. The van der Waals surface area contributed by atoms with E-state index in [4.69, 9.17) is 5.26 Å². The molecule has 3 rings (SSSR count). The largest absolute Gasteiger partial charge is 0.433 e. The molecule has 0 unspecified atom stereocenters. The number of rotatable bonds is 3. The molecule has 0 radical (unpaired) electrons. The van der Waals surface area contributed by atoms with E-state index in [-0.39, 0.29) is 0 Å². The molecule has 1 aliphatic rings. The van der Waals surface area contributed by atoms with Gasteiger partial charge in [-0.3, -0.25) is 4.90 Å².